The van der Waals surface area contributed by atoms with Crippen molar-refractivity contribution in [2.24, 2.45) is 0 Å². The Bertz CT molecular complexity index is 660. The average molecular weight is 303 g/mol. The van der Waals surface area contributed by atoms with Gasteiger partial charge in [-0.15, -0.1) is 0 Å². The summed E-state index contributed by atoms with van der Waals surface area (Å²) in [5.74, 6) is -0.614. The van der Waals surface area contributed by atoms with E-state index in [0.717, 1.165) is 25.7 Å². The zero-order chi connectivity index (χ0) is 15.6. The highest BCUT2D eigenvalue weighted by atomic mass is 19.1. The molecule has 1 aliphatic carbocycles. The molecule has 0 saturated heterocycles. The number of amides is 1. The van der Waals surface area contributed by atoms with Gasteiger partial charge in [-0.05, 0) is 43.2 Å². The molecule has 1 aromatic carbocycles. The molecule has 3 rings (SSSR count). The maximum atomic E-state index is 12.9. The van der Waals surface area contributed by atoms with Crippen LogP contribution in [0.3, 0.4) is 0 Å². The van der Waals surface area contributed by atoms with Gasteiger partial charge in [0.05, 0.1) is 17.8 Å². The second kappa shape index (κ2) is 5.88. The first-order valence-electron chi connectivity index (χ1n) is 7.37. The van der Waals surface area contributed by atoms with Gasteiger partial charge in [0.2, 0.25) is 0 Å². The van der Waals surface area contributed by atoms with Crippen molar-refractivity contribution < 1.29 is 14.3 Å². The number of hydrogen-bond donors (Lipinski definition) is 2. The molecule has 0 unspecified atom stereocenters. The first-order chi connectivity index (χ1) is 10.6. The van der Waals surface area contributed by atoms with E-state index in [2.05, 4.69) is 10.4 Å². The van der Waals surface area contributed by atoms with Gasteiger partial charge in [0.15, 0.2) is 5.69 Å². The third-order valence-electron chi connectivity index (χ3n) is 4.15. The number of rotatable bonds is 4. The molecule has 0 aliphatic heterocycles. The molecule has 1 aromatic heterocycles. The number of carbonyl (C=O) groups is 1. The molecule has 0 radical (unpaired) electrons. The van der Waals surface area contributed by atoms with Crippen LogP contribution in [-0.2, 0) is 0 Å². The summed E-state index contributed by atoms with van der Waals surface area (Å²) in [6.07, 6.45) is 5.24. The standard InChI is InChI=1S/C16H18FN3O2/c17-12-3-5-13(6-4-12)20-10-7-14(19-20)15(22)18-16(11-21)8-1-2-9-16/h3-7,10,21H,1-2,8-9,11H2,(H,18,22). The van der Waals surface area contributed by atoms with Crippen molar-refractivity contribution in [2.75, 3.05) is 6.61 Å². The molecule has 6 heteroatoms. The van der Waals surface area contributed by atoms with Crippen LogP contribution in [-0.4, -0.2) is 32.9 Å². The number of benzene rings is 1. The SMILES string of the molecule is O=C(NC1(CO)CCCC1)c1ccn(-c2ccc(F)cc2)n1. The molecule has 2 N–H and O–H groups in total. The molecule has 0 spiro atoms. The Hall–Kier alpha value is -2.21. The van der Waals surface area contributed by atoms with Crippen molar-refractivity contribution in [3.05, 3.63) is 48.0 Å². The summed E-state index contributed by atoms with van der Waals surface area (Å²) in [6, 6.07) is 7.48. The molecule has 116 valence electrons. The molecular weight excluding hydrogens is 285 g/mol. The highest BCUT2D eigenvalue weighted by Gasteiger charge is 2.35. The smallest absolute Gasteiger partial charge is 0.272 e. The van der Waals surface area contributed by atoms with E-state index < -0.39 is 5.54 Å². The van der Waals surface area contributed by atoms with Crippen LogP contribution in [0, 0.1) is 5.82 Å². The summed E-state index contributed by atoms with van der Waals surface area (Å²) >= 11 is 0. The molecule has 1 saturated carbocycles. The molecule has 1 amide bonds. The van der Waals surface area contributed by atoms with Crippen LogP contribution < -0.4 is 5.32 Å². The van der Waals surface area contributed by atoms with Crippen molar-refractivity contribution in [1.82, 2.24) is 15.1 Å². The lowest BCUT2D eigenvalue weighted by Gasteiger charge is -2.27. The number of aliphatic hydroxyl groups is 1. The summed E-state index contributed by atoms with van der Waals surface area (Å²) < 4.78 is 14.4. The van der Waals surface area contributed by atoms with E-state index in [4.69, 9.17) is 0 Å². The summed E-state index contributed by atoms with van der Waals surface area (Å²) in [4.78, 5) is 12.3. The van der Waals surface area contributed by atoms with E-state index in [0.29, 0.717) is 5.69 Å². The first-order valence-corrected chi connectivity index (χ1v) is 7.37. The number of carbonyl (C=O) groups excluding carboxylic acids is 1. The van der Waals surface area contributed by atoms with Crippen LogP contribution in [0.2, 0.25) is 0 Å². The van der Waals surface area contributed by atoms with Gasteiger partial charge in [0.1, 0.15) is 5.82 Å². The molecule has 2 aromatic rings. The molecule has 1 fully saturated rings. The maximum Gasteiger partial charge on any atom is 0.272 e. The summed E-state index contributed by atoms with van der Waals surface area (Å²) in [5, 5.41) is 16.7. The number of aromatic nitrogens is 2. The van der Waals surface area contributed by atoms with E-state index in [9.17, 15) is 14.3 Å². The normalized spacial score (nSPS) is 16.6. The highest BCUT2D eigenvalue weighted by Crippen LogP contribution is 2.29. The van der Waals surface area contributed by atoms with Gasteiger partial charge < -0.3 is 10.4 Å². The van der Waals surface area contributed by atoms with Gasteiger partial charge >= 0.3 is 0 Å². The van der Waals surface area contributed by atoms with Crippen LogP contribution in [0.1, 0.15) is 36.2 Å². The first kappa shape index (κ1) is 14.7. The second-order valence-electron chi connectivity index (χ2n) is 5.72. The number of hydrogen-bond acceptors (Lipinski definition) is 3. The van der Waals surface area contributed by atoms with E-state index in [1.165, 1.54) is 16.8 Å². The minimum Gasteiger partial charge on any atom is -0.394 e. The lowest BCUT2D eigenvalue weighted by atomic mass is 9.99. The van der Waals surface area contributed by atoms with E-state index in [1.54, 1.807) is 24.4 Å². The summed E-state index contributed by atoms with van der Waals surface area (Å²) in [7, 11) is 0. The highest BCUT2D eigenvalue weighted by molar-refractivity contribution is 5.92. The Morgan fingerprint density at radius 1 is 1.27 bits per heavy atom. The number of aliphatic hydroxyl groups excluding tert-OH is 1. The van der Waals surface area contributed by atoms with E-state index in [1.807, 2.05) is 0 Å². The van der Waals surface area contributed by atoms with Gasteiger partial charge in [-0.2, -0.15) is 5.10 Å². The monoisotopic (exact) mass is 303 g/mol. The number of nitrogens with zero attached hydrogens (tertiary/aromatic N) is 2. The van der Waals surface area contributed by atoms with E-state index >= 15 is 0 Å². The van der Waals surface area contributed by atoms with E-state index in [-0.39, 0.29) is 24.0 Å². The van der Waals surface area contributed by atoms with Crippen LogP contribution in [0.5, 0.6) is 0 Å². The topological polar surface area (TPSA) is 67.2 Å². The zero-order valence-electron chi connectivity index (χ0n) is 12.1. The summed E-state index contributed by atoms with van der Waals surface area (Å²) in [5.41, 5.74) is 0.443. The van der Waals surface area contributed by atoms with Gasteiger partial charge in [-0.3, -0.25) is 4.79 Å². The number of nitrogens with one attached hydrogen (secondary N) is 1. The molecule has 1 aliphatic rings. The fraction of sp³-hybridized carbons (Fsp3) is 0.375. The molecule has 0 atom stereocenters. The predicted molar refractivity (Wildman–Crippen MR) is 79.3 cm³/mol. The minimum absolute atomic E-state index is 0.0581. The van der Waals surface area contributed by atoms with Gasteiger partial charge in [-0.25, -0.2) is 9.07 Å². The third-order valence-corrected chi connectivity index (χ3v) is 4.15. The molecule has 5 nitrogen and oxygen atoms in total. The second-order valence-corrected chi connectivity index (χ2v) is 5.72. The molecular formula is C16H18FN3O2. The number of halogens is 1. The van der Waals surface area contributed by atoms with Crippen molar-refractivity contribution in [1.29, 1.82) is 0 Å². The molecule has 0 bridgehead atoms. The Labute approximate surface area is 127 Å². The van der Waals surface area contributed by atoms with Crippen molar-refractivity contribution >= 4 is 5.91 Å². The van der Waals surface area contributed by atoms with Gasteiger partial charge in [0.25, 0.3) is 5.91 Å². The van der Waals surface area contributed by atoms with Gasteiger partial charge in [0, 0.05) is 6.20 Å². The fourth-order valence-electron chi connectivity index (χ4n) is 2.86. The lowest BCUT2D eigenvalue weighted by molar-refractivity contribution is 0.0833. The van der Waals surface area contributed by atoms with Crippen molar-refractivity contribution in [3.8, 4) is 5.69 Å². The van der Waals surface area contributed by atoms with Crippen LogP contribution in [0.25, 0.3) is 5.69 Å². The Kier molecular flexibility index (Phi) is 3.94. The molecule has 1 heterocycles. The predicted octanol–water partition coefficient (Wildman–Crippen LogP) is 2.05. The van der Waals surface area contributed by atoms with Crippen molar-refractivity contribution in [2.45, 2.75) is 31.2 Å². The average Bonchev–Trinajstić information content (AvgIpc) is 3.18. The van der Waals surface area contributed by atoms with Crippen LogP contribution in [0.4, 0.5) is 4.39 Å². The van der Waals surface area contributed by atoms with Crippen LogP contribution in [0.15, 0.2) is 36.5 Å². The quantitative estimate of drug-likeness (QED) is 0.908. The maximum absolute atomic E-state index is 12.9. The Morgan fingerprint density at radius 3 is 2.59 bits per heavy atom. The van der Waals surface area contributed by atoms with Crippen LogP contribution >= 0.6 is 0 Å². The minimum atomic E-state index is -0.517. The van der Waals surface area contributed by atoms with Crippen molar-refractivity contribution in [3.63, 3.8) is 0 Å². The Morgan fingerprint density at radius 2 is 1.95 bits per heavy atom. The zero-order valence-corrected chi connectivity index (χ0v) is 12.1. The third kappa shape index (κ3) is 2.87. The summed E-state index contributed by atoms with van der Waals surface area (Å²) in [6.45, 7) is -0.0581. The lowest BCUT2D eigenvalue weighted by Crippen LogP contribution is -2.49. The van der Waals surface area contributed by atoms with Gasteiger partial charge in [-0.1, -0.05) is 12.8 Å². The fourth-order valence-corrected chi connectivity index (χ4v) is 2.86. The largest absolute Gasteiger partial charge is 0.394 e. The Balaban J connectivity index is 1.75. The molecule has 22 heavy (non-hydrogen) atoms.